The molecule has 0 aliphatic heterocycles. The second kappa shape index (κ2) is 5.00. The van der Waals surface area contributed by atoms with Gasteiger partial charge in [-0.1, -0.05) is 17.3 Å². The fraction of sp³-hybridized carbons (Fsp3) is 0.0714. The molecule has 0 unspecified atom stereocenters. The van der Waals surface area contributed by atoms with Crippen LogP contribution >= 0.6 is 0 Å². The molecule has 0 aliphatic carbocycles. The fourth-order valence-corrected chi connectivity index (χ4v) is 1.98. The summed E-state index contributed by atoms with van der Waals surface area (Å²) in [5, 5.41) is 11.4. The number of methoxy groups -OCH3 is 1. The Hall–Kier alpha value is -2.89. The van der Waals surface area contributed by atoms with Crippen molar-refractivity contribution in [3.8, 4) is 28.2 Å². The molecule has 6 nitrogen and oxygen atoms in total. The van der Waals surface area contributed by atoms with Gasteiger partial charge < -0.3 is 15.0 Å². The number of nitrogen functional groups attached to an aromatic ring is 1. The van der Waals surface area contributed by atoms with Crippen molar-refractivity contribution in [3.05, 3.63) is 42.7 Å². The highest BCUT2D eigenvalue weighted by Gasteiger charge is 2.18. The van der Waals surface area contributed by atoms with Crippen molar-refractivity contribution in [1.29, 1.82) is 0 Å². The molecule has 0 fully saturated rings. The van der Waals surface area contributed by atoms with E-state index >= 15 is 0 Å². The van der Waals surface area contributed by atoms with Gasteiger partial charge in [0, 0.05) is 5.56 Å². The second-order valence-electron chi connectivity index (χ2n) is 4.14. The SMILES string of the molecule is COc1cccc(-c2c(N)noc2-c2ccnnc2)c1. The predicted octanol–water partition coefficient (Wildman–Crippen LogP) is 2.39. The van der Waals surface area contributed by atoms with Crippen molar-refractivity contribution in [2.24, 2.45) is 0 Å². The number of hydrogen-bond acceptors (Lipinski definition) is 6. The normalized spacial score (nSPS) is 10.4. The maximum absolute atomic E-state index is 5.92. The molecule has 0 radical (unpaired) electrons. The number of benzene rings is 1. The Labute approximate surface area is 115 Å². The van der Waals surface area contributed by atoms with E-state index in [1.807, 2.05) is 24.3 Å². The molecule has 20 heavy (non-hydrogen) atoms. The van der Waals surface area contributed by atoms with Crippen molar-refractivity contribution >= 4 is 5.82 Å². The molecule has 100 valence electrons. The molecule has 3 rings (SSSR count). The summed E-state index contributed by atoms with van der Waals surface area (Å²) in [4.78, 5) is 0. The van der Waals surface area contributed by atoms with Crippen molar-refractivity contribution in [3.63, 3.8) is 0 Å². The zero-order chi connectivity index (χ0) is 13.9. The number of anilines is 1. The molecule has 0 saturated heterocycles. The van der Waals surface area contributed by atoms with Crippen molar-refractivity contribution < 1.29 is 9.26 Å². The number of aromatic nitrogens is 3. The zero-order valence-electron chi connectivity index (χ0n) is 10.8. The summed E-state index contributed by atoms with van der Waals surface area (Å²) in [6.07, 6.45) is 3.19. The van der Waals surface area contributed by atoms with E-state index in [1.165, 1.54) is 0 Å². The van der Waals surface area contributed by atoms with Gasteiger partial charge in [-0.2, -0.15) is 10.2 Å². The van der Waals surface area contributed by atoms with Crippen LogP contribution in [0.25, 0.3) is 22.5 Å². The number of ether oxygens (including phenoxy) is 1. The standard InChI is InChI=1S/C14H12N4O2/c1-19-11-4-2-3-9(7-11)12-13(20-18-14(12)15)10-5-6-16-17-8-10/h2-8H,1H3,(H2,15,18). The monoisotopic (exact) mass is 268 g/mol. The van der Waals surface area contributed by atoms with Gasteiger partial charge in [0.05, 0.1) is 25.1 Å². The summed E-state index contributed by atoms with van der Waals surface area (Å²) in [6.45, 7) is 0. The van der Waals surface area contributed by atoms with Crippen LogP contribution in [0, 0.1) is 0 Å². The van der Waals surface area contributed by atoms with Crippen molar-refractivity contribution in [2.75, 3.05) is 12.8 Å². The summed E-state index contributed by atoms with van der Waals surface area (Å²) in [5.41, 5.74) is 8.28. The molecule has 0 amide bonds. The molecular formula is C14H12N4O2. The van der Waals surface area contributed by atoms with Crippen LogP contribution in [0.4, 0.5) is 5.82 Å². The second-order valence-corrected chi connectivity index (χ2v) is 4.14. The van der Waals surface area contributed by atoms with Crippen molar-refractivity contribution in [1.82, 2.24) is 15.4 Å². The zero-order valence-corrected chi connectivity index (χ0v) is 10.8. The molecule has 0 spiro atoms. The minimum absolute atomic E-state index is 0.324. The van der Waals surface area contributed by atoms with E-state index in [0.29, 0.717) is 11.6 Å². The van der Waals surface area contributed by atoms with Crippen molar-refractivity contribution in [2.45, 2.75) is 0 Å². The summed E-state index contributed by atoms with van der Waals surface area (Å²) >= 11 is 0. The lowest BCUT2D eigenvalue weighted by Crippen LogP contribution is -1.90. The van der Waals surface area contributed by atoms with Crippen LogP contribution in [0.15, 0.2) is 47.2 Å². The molecular weight excluding hydrogens is 256 g/mol. The number of rotatable bonds is 3. The summed E-state index contributed by atoms with van der Waals surface area (Å²) in [7, 11) is 1.61. The van der Waals surface area contributed by atoms with Crippen LogP contribution in [0.2, 0.25) is 0 Å². The molecule has 3 aromatic rings. The maximum Gasteiger partial charge on any atom is 0.178 e. The van der Waals surface area contributed by atoms with Gasteiger partial charge in [0.25, 0.3) is 0 Å². The quantitative estimate of drug-likeness (QED) is 0.784. The summed E-state index contributed by atoms with van der Waals surface area (Å²) in [5.74, 6) is 1.62. The highest BCUT2D eigenvalue weighted by molar-refractivity contribution is 5.86. The Balaban J connectivity index is 2.16. The molecule has 1 aromatic carbocycles. The number of hydrogen-bond donors (Lipinski definition) is 1. The topological polar surface area (TPSA) is 87.1 Å². The van der Waals surface area contributed by atoms with Gasteiger partial charge in [-0.05, 0) is 23.8 Å². The van der Waals surface area contributed by atoms with E-state index < -0.39 is 0 Å². The van der Waals surface area contributed by atoms with Gasteiger partial charge in [-0.3, -0.25) is 0 Å². The minimum atomic E-state index is 0.324. The Kier molecular flexibility index (Phi) is 3.04. The first kappa shape index (κ1) is 12.2. The first-order valence-corrected chi connectivity index (χ1v) is 5.96. The Morgan fingerprint density at radius 1 is 1.15 bits per heavy atom. The third-order valence-corrected chi connectivity index (χ3v) is 2.92. The van der Waals surface area contributed by atoms with E-state index in [1.54, 1.807) is 25.6 Å². The Morgan fingerprint density at radius 3 is 2.80 bits per heavy atom. The van der Waals surface area contributed by atoms with Crippen LogP contribution < -0.4 is 10.5 Å². The molecule has 0 saturated carbocycles. The minimum Gasteiger partial charge on any atom is -0.497 e. The summed E-state index contributed by atoms with van der Waals surface area (Å²) < 4.78 is 10.5. The molecule has 0 aliphatic rings. The van der Waals surface area contributed by atoms with E-state index in [9.17, 15) is 0 Å². The van der Waals surface area contributed by atoms with Crippen LogP contribution in [0.3, 0.4) is 0 Å². The average molecular weight is 268 g/mol. The first-order chi connectivity index (χ1) is 9.79. The molecule has 0 atom stereocenters. The molecule has 2 N–H and O–H groups in total. The van der Waals surface area contributed by atoms with Crippen LogP contribution in [0.5, 0.6) is 5.75 Å². The van der Waals surface area contributed by atoms with Gasteiger partial charge >= 0.3 is 0 Å². The maximum atomic E-state index is 5.92. The highest BCUT2D eigenvalue weighted by atomic mass is 16.5. The largest absolute Gasteiger partial charge is 0.497 e. The lowest BCUT2D eigenvalue weighted by molar-refractivity contribution is 0.415. The molecule has 6 heteroatoms. The van der Waals surface area contributed by atoms with E-state index in [-0.39, 0.29) is 0 Å². The van der Waals surface area contributed by atoms with Crippen LogP contribution in [-0.4, -0.2) is 22.5 Å². The lowest BCUT2D eigenvalue weighted by Gasteiger charge is -2.05. The number of nitrogens with zero attached hydrogens (tertiary/aromatic N) is 3. The lowest BCUT2D eigenvalue weighted by atomic mass is 10.0. The van der Waals surface area contributed by atoms with Gasteiger partial charge in [-0.25, -0.2) is 0 Å². The van der Waals surface area contributed by atoms with Gasteiger partial charge in [-0.15, -0.1) is 0 Å². The third-order valence-electron chi connectivity index (χ3n) is 2.92. The van der Waals surface area contributed by atoms with Gasteiger partial charge in [0.2, 0.25) is 0 Å². The molecule has 2 aromatic heterocycles. The fourth-order valence-electron chi connectivity index (χ4n) is 1.98. The highest BCUT2D eigenvalue weighted by Crippen LogP contribution is 2.37. The average Bonchev–Trinajstić information content (AvgIpc) is 2.90. The summed E-state index contributed by atoms with van der Waals surface area (Å²) in [6, 6.07) is 9.33. The van der Waals surface area contributed by atoms with Gasteiger partial charge in [0.1, 0.15) is 5.75 Å². The van der Waals surface area contributed by atoms with E-state index in [0.717, 1.165) is 22.4 Å². The predicted molar refractivity (Wildman–Crippen MR) is 73.9 cm³/mol. The van der Waals surface area contributed by atoms with E-state index in [2.05, 4.69) is 15.4 Å². The number of nitrogens with two attached hydrogens (primary N) is 1. The van der Waals surface area contributed by atoms with E-state index in [4.69, 9.17) is 15.0 Å². The molecule has 2 heterocycles. The third kappa shape index (κ3) is 2.07. The van der Waals surface area contributed by atoms with Crippen LogP contribution in [-0.2, 0) is 0 Å². The smallest absolute Gasteiger partial charge is 0.178 e. The first-order valence-electron chi connectivity index (χ1n) is 5.96. The Bertz CT molecular complexity index is 725. The Morgan fingerprint density at radius 2 is 2.05 bits per heavy atom. The van der Waals surface area contributed by atoms with Gasteiger partial charge in [0.15, 0.2) is 11.6 Å². The van der Waals surface area contributed by atoms with Crippen LogP contribution in [0.1, 0.15) is 0 Å². The molecule has 0 bridgehead atoms.